The first-order valence-electron chi connectivity index (χ1n) is 8.28. The van der Waals surface area contributed by atoms with E-state index >= 15 is 0 Å². The fourth-order valence-corrected chi connectivity index (χ4v) is 6.38. The Labute approximate surface area is 149 Å². The van der Waals surface area contributed by atoms with Crippen molar-refractivity contribution in [3.63, 3.8) is 0 Å². The zero-order valence-corrected chi connectivity index (χ0v) is 16.2. The van der Waals surface area contributed by atoms with Gasteiger partial charge in [0.1, 0.15) is 0 Å². The number of rotatable bonds is 7. The van der Waals surface area contributed by atoms with Crippen molar-refractivity contribution < 1.29 is 0 Å². The molecule has 23 heavy (non-hydrogen) atoms. The molecule has 0 aliphatic heterocycles. The molecule has 0 N–H and O–H groups in total. The Kier molecular flexibility index (Phi) is 6.33. The fraction of sp³-hybridized carbons (Fsp3) is 0.182. The molecular weight excluding hydrogens is 383 g/mol. The average molecular weight is 405 g/mol. The molecule has 0 aliphatic carbocycles. The summed E-state index contributed by atoms with van der Waals surface area (Å²) in [5, 5.41) is 0. The summed E-state index contributed by atoms with van der Waals surface area (Å²) in [5.41, 5.74) is 4.44. The van der Waals surface area contributed by atoms with Gasteiger partial charge in [0.05, 0.1) is 0 Å². The molecule has 0 heterocycles. The van der Waals surface area contributed by atoms with E-state index in [-0.39, 0.29) is 21.1 Å². The second kappa shape index (κ2) is 8.93. The molecule has 0 nitrogen and oxygen atoms in total. The van der Waals surface area contributed by atoms with Crippen molar-refractivity contribution in [2.24, 2.45) is 0 Å². The standard InChI is InChI=1S/C15H15.C7H7.Sn/c1-2-15(13-9-5-3-6-10-13)14-11-7-4-8-12-14;1-7-5-3-2-4-6-7;/h3-12,15H,1-2H2;2-6H,1H2;. The van der Waals surface area contributed by atoms with Crippen LogP contribution in [-0.4, -0.2) is 21.1 Å². The molecule has 0 amide bonds. The maximum absolute atomic E-state index is 2.28. The predicted octanol–water partition coefficient (Wildman–Crippen LogP) is 5.53. The van der Waals surface area contributed by atoms with E-state index in [0.717, 1.165) is 0 Å². The summed E-state index contributed by atoms with van der Waals surface area (Å²) in [6.07, 6.45) is 1.28. The average Bonchev–Trinajstić information content (AvgIpc) is 2.64. The molecule has 0 aromatic heterocycles. The van der Waals surface area contributed by atoms with E-state index in [1.54, 1.807) is 0 Å². The van der Waals surface area contributed by atoms with Crippen molar-refractivity contribution in [2.45, 2.75) is 21.2 Å². The molecule has 0 aliphatic rings. The number of benzene rings is 3. The molecule has 0 saturated carbocycles. The number of hydrogen-bond donors (Lipinski definition) is 0. The minimum absolute atomic E-state index is 0.328. The van der Waals surface area contributed by atoms with E-state index in [4.69, 9.17) is 0 Å². The van der Waals surface area contributed by atoms with E-state index in [2.05, 4.69) is 91.0 Å². The van der Waals surface area contributed by atoms with Gasteiger partial charge < -0.3 is 0 Å². The molecule has 0 atom stereocenters. The Bertz CT molecular complexity index is 637. The van der Waals surface area contributed by atoms with Crippen LogP contribution in [0, 0.1) is 0 Å². The molecule has 0 saturated heterocycles. The zero-order valence-electron chi connectivity index (χ0n) is 13.4. The van der Waals surface area contributed by atoms with E-state index in [0.29, 0.717) is 5.92 Å². The summed E-state index contributed by atoms with van der Waals surface area (Å²) < 4.78 is 2.77. The van der Waals surface area contributed by atoms with Gasteiger partial charge in [-0.2, -0.15) is 0 Å². The van der Waals surface area contributed by atoms with Gasteiger partial charge in [-0.3, -0.25) is 0 Å². The molecule has 0 bridgehead atoms. The van der Waals surface area contributed by atoms with Crippen LogP contribution in [0.2, 0.25) is 4.44 Å². The van der Waals surface area contributed by atoms with Crippen LogP contribution in [0.25, 0.3) is 0 Å². The molecule has 3 aromatic rings. The van der Waals surface area contributed by atoms with Gasteiger partial charge in [0.2, 0.25) is 0 Å². The second-order valence-corrected chi connectivity index (χ2v) is 9.69. The van der Waals surface area contributed by atoms with E-state index in [9.17, 15) is 0 Å². The molecule has 0 fully saturated rings. The van der Waals surface area contributed by atoms with E-state index in [1.165, 1.54) is 32.0 Å². The first kappa shape index (κ1) is 16.3. The van der Waals surface area contributed by atoms with Crippen molar-refractivity contribution in [3.05, 3.63) is 108 Å². The summed E-state index contributed by atoms with van der Waals surface area (Å²) >= 11 is -0.328. The van der Waals surface area contributed by atoms with E-state index < -0.39 is 0 Å². The molecule has 0 spiro atoms. The van der Waals surface area contributed by atoms with Crippen LogP contribution in [0.5, 0.6) is 0 Å². The molecule has 0 unspecified atom stereocenters. The number of hydrogen-bond acceptors (Lipinski definition) is 0. The third-order valence-corrected chi connectivity index (χ3v) is 7.90. The first-order chi connectivity index (χ1) is 11.4. The van der Waals surface area contributed by atoms with Crippen LogP contribution in [0.1, 0.15) is 29.0 Å². The Morgan fingerprint density at radius 2 is 1.09 bits per heavy atom. The van der Waals surface area contributed by atoms with Gasteiger partial charge >= 0.3 is 150 Å². The Morgan fingerprint density at radius 1 is 0.609 bits per heavy atom. The SMILES string of the molecule is c1ccc([CH2][Sn][CH2]CC(c2ccccc2)c2ccccc2)cc1. The normalized spacial score (nSPS) is 10.8. The zero-order chi connectivity index (χ0) is 15.7. The van der Waals surface area contributed by atoms with Gasteiger partial charge in [-0.15, -0.1) is 0 Å². The summed E-state index contributed by atoms with van der Waals surface area (Å²) in [6, 6.07) is 32.9. The summed E-state index contributed by atoms with van der Waals surface area (Å²) in [7, 11) is 0. The van der Waals surface area contributed by atoms with Crippen LogP contribution < -0.4 is 0 Å². The summed E-state index contributed by atoms with van der Waals surface area (Å²) in [6.45, 7) is 0. The Morgan fingerprint density at radius 3 is 1.61 bits per heavy atom. The quantitative estimate of drug-likeness (QED) is 0.358. The van der Waals surface area contributed by atoms with Crippen molar-refractivity contribution in [2.75, 3.05) is 0 Å². The molecule has 3 rings (SSSR count). The summed E-state index contributed by atoms with van der Waals surface area (Å²) in [4.78, 5) is 0. The van der Waals surface area contributed by atoms with Crippen molar-refractivity contribution in [3.8, 4) is 0 Å². The molecule has 114 valence electrons. The Balaban J connectivity index is 1.63. The van der Waals surface area contributed by atoms with Crippen molar-refractivity contribution in [1.82, 2.24) is 0 Å². The van der Waals surface area contributed by atoms with Gasteiger partial charge in [-0.25, -0.2) is 0 Å². The first-order valence-corrected chi connectivity index (χ1v) is 12.3. The van der Waals surface area contributed by atoms with Gasteiger partial charge in [0, 0.05) is 0 Å². The van der Waals surface area contributed by atoms with E-state index in [1.807, 2.05) is 0 Å². The van der Waals surface area contributed by atoms with Crippen LogP contribution >= 0.6 is 0 Å². The van der Waals surface area contributed by atoms with Crippen LogP contribution in [-0.2, 0) is 4.44 Å². The van der Waals surface area contributed by atoms with Crippen LogP contribution in [0.4, 0.5) is 0 Å². The van der Waals surface area contributed by atoms with Gasteiger partial charge in [-0.05, 0) is 0 Å². The molecular formula is C22H22Sn. The fourth-order valence-electron chi connectivity index (χ4n) is 2.97. The minimum atomic E-state index is -0.328. The summed E-state index contributed by atoms with van der Waals surface area (Å²) in [5.74, 6) is 0.550. The predicted molar refractivity (Wildman–Crippen MR) is 100 cm³/mol. The Hall–Kier alpha value is -1.54. The third kappa shape index (κ3) is 4.97. The molecule has 2 radical (unpaired) electrons. The van der Waals surface area contributed by atoms with Crippen molar-refractivity contribution in [1.29, 1.82) is 0 Å². The van der Waals surface area contributed by atoms with Crippen molar-refractivity contribution >= 4 is 21.1 Å². The third-order valence-electron chi connectivity index (χ3n) is 4.19. The molecule has 3 aromatic carbocycles. The maximum atomic E-state index is 2.28. The molecule has 1 heteroatoms. The second-order valence-electron chi connectivity index (χ2n) is 5.83. The van der Waals surface area contributed by atoms with Crippen LogP contribution in [0.3, 0.4) is 0 Å². The van der Waals surface area contributed by atoms with Crippen LogP contribution in [0.15, 0.2) is 91.0 Å². The van der Waals surface area contributed by atoms with Gasteiger partial charge in [0.25, 0.3) is 0 Å². The topological polar surface area (TPSA) is 0 Å². The monoisotopic (exact) mass is 406 g/mol. The van der Waals surface area contributed by atoms with Gasteiger partial charge in [-0.1, -0.05) is 0 Å². The van der Waals surface area contributed by atoms with Gasteiger partial charge in [0.15, 0.2) is 0 Å².